The molecule has 4 heterocycles. The number of aromatic nitrogens is 4. The van der Waals surface area contributed by atoms with Crippen LogP contribution in [0.2, 0.25) is 5.02 Å². The summed E-state index contributed by atoms with van der Waals surface area (Å²) in [5, 5.41) is 8.01. The molecule has 0 aromatic carbocycles. The highest BCUT2D eigenvalue weighted by atomic mass is 35.5. The lowest BCUT2D eigenvalue weighted by molar-refractivity contribution is 0.0302. The summed E-state index contributed by atoms with van der Waals surface area (Å²) in [6.07, 6.45) is 4.96. The zero-order chi connectivity index (χ0) is 17.2. The topological polar surface area (TPSA) is 85.2 Å². The van der Waals surface area contributed by atoms with Gasteiger partial charge in [-0.15, -0.1) is 0 Å². The van der Waals surface area contributed by atoms with Crippen molar-refractivity contribution in [1.29, 1.82) is 0 Å². The van der Waals surface area contributed by atoms with E-state index in [9.17, 15) is 4.79 Å². The van der Waals surface area contributed by atoms with E-state index in [1.54, 1.807) is 23.5 Å². The van der Waals surface area contributed by atoms with Crippen molar-refractivity contribution in [2.75, 3.05) is 31.6 Å². The quantitative estimate of drug-likeness (QED) is 0.883. The summed E-state index contributed by atoms with van der Waals surface area (Å²) in [5.74, 6) is 1.53. The summed E-state index contributed by atoms with van der Waals surface area (Å²) in [6.45, 7) is 3.05. The second-order valence-electron chi connectivity index (χ2n) is 6.20. The number of carbonyl (C=O) groups excluding carboxylic acids is 1. The average Bonchev–Trinajstić information content (AvgIpc) is 3.11. The number of carbonyl (C=O) groups is 1. The molecule has 8 nitrogen and oxygen atoms in total. The van der Waals surface area contributed by atoms with Crippen LogP contribution in [0.5, 0.6) is 0 Å². The van der Waals surface area contributed by atoms with Gasteiger partial charge < -0.3 is 15.0 Å². The van der Waals surface area contributed by atoms with Crippen molar-refractivity contribution >= 4 is 23.3 Å². The van der Waals surface area contributed by atoms with Crippen LogP contribution in [0, 0.1) is 0 Å². The smallest absolute Gasteiger partial charge is 0.255 e. The Labute approximate surface area is 150 Å². The molecule has 1 saturated heterocycles. The van der Waals surface area contributed by atoms with Gasteiger partial charge >= 0.3 is 0 Å². The van der Waals surface area contributed by atoms with Crippen molar-refractivity contribution in [3.63, 3.8) is 0 Å². The number of aryl methyl sites for hydroxylation is 1. The first kappa shape index (κ1) is 16.3. The lowest BCUT2D eigenvalue weighted by atomic mass is 10.1. The fraction of sp³-hybridized carbons (Fsp3) is 0.500. The summed E-state index contributed by atoms with van der Waals surface area (Å²) < 4.78 is 7.17. The number of hydrogen-bond donors (Lipinski definition) is 1. The molecule has 1 N–H and O–H groups in total. The Morgan fingerprint density at radius 2 is 2.16 bits per heavy atom. The van der Waals surface area contributed by atoms with Crippen LogP contribution in [0.25, 0.3) is 0 Å². The summed E-state index contributed by atoms with van der Waals surface area (Å²) in [7, 11) is 0. The first-order chi connectivity index (χ1) is 12.2. The summed E-state index contributed by atoms with van der Waals surface area (Å²) >= 11 is 6.36. The molecule has 0 bridgehead atoms. The summed E-state index contributed by atoms with van der Waals surface area (Å²) in [4.78, 5) is 22.8. The Hall–Kier alpha value is -2.19. The van der Waals surface area contributed by atoms with Crippen LogP contribution in [0.15, 0.2) is 18.6 Å². The fourth-order valence-electron chi connectivity index (χ4n) is 3.16. The molecule has 1 amide bonds. The maximum atomic E-state index is 12.5. The van der Waals surface area contributed by atoms with Crippen LogP contribution in [-0.4, -0.2) is 62.9 Å². The number of nitrogens with zero attached hydrogens (tertiary/aromatic N) is 5. The number of morpholine rings is 1. The van der Waals surface area contributed by atoms with Crippen LogP contribution in [0.3, 0.4) is 0 Å². The molecule has 25 heavy (non-hydrogen) atoms. The van der Waals surface area contributed by atoms with Crippen molar-refractivity contribution in [1.82, 2.24) is 24.6 Å². The summed E-state index contributed by atoms with van der Waals surface area (Å²) in [6, 6.07) is 1.86. The molecular weight excluding hydrogens is 344 g/mol. The normalized spacial score (nSPS) is 20.2. The number of fused-ring (bicyclic) bond motifs is 1. The Morgan fingerprint density at radius 1 is 1.32 bits per heavy atom. The van der Waals surface area contributed by atoms with Gasteiger partial charge in [-0.1, -0.05) is 11.6 Å². The minimum Gasteiger partial charge on any atom is -0.378 e. The van der Waals surface area contributed by atoms with Crippen LogP contribution >= 0.6 is 11.6 Å². The number of pyridine rings is 1. The number of halogens is 1. The molecule has 0 radical (unpaired) electrons. The Balaban J connectivity index is 1.44. The molecule has 4 rings (SSSR count). The monoisotopic (exact) mass is 362 g/mol. The Morgan fingerprint density at radius 3 is 2.96 bits per heavy atom. The second-order valence-corrected chi connectivity index (χ2v) is 6.60. The molecule has 2 aliphatic rings. The van der Waals surface area contributed by atoms with Gasteiger partial charge in [0.1, 0.15) is 18.0 Å². The molecule has 1 fully saturated rings. The first-order valence-electron chi connectivity index (χ1n) is 8.36. The van der Waals surface area contributed by atoms with Gasteiger partial charge in [0.05, 0.1) is 30.3 Å². The van der Waals surface area contributed by atoms with Crippen molar-refractivity contribution in [2.45, 2.75) is 25.4 Å². The lowest BCUT2D eigenvalue weighted by Crippen LogP contribution is -2.40. The SMILES string of the molecule is O=C(c1cnc(NC2CCc3ncnn3C2)c(Cl)c1)N1CCOCC1. The highest BCUT2D eigenvalue weighted by molar-refractivity contribution is 6.33. The van der Waals surface area contributed by atoms with E-state index in [0.717, 1.165) is 25.2 Å². The number of ether oxygens (including phenoxy) is 1. The maximum Gasteiger partial charge on any atom is 0.255 e. The highest BCUT2D eigenvalue weighted by Crippen LogP contribution is 2.24. The molecule has 2 aromatic heterocycles. The molecule has 2 aromatic rings. The van der Waals surface area contributed by atoms with Crippen LogP contribution in [0.4, 0.5) is 5.82 Å². The minimum atomic E-state index is -0.0610. The van der Waals surface area contributed by atoms with E-state index in [4.69, 9.17) is 16.3 Å². The van der Waals surface area contributed by atoms with Crippen molar-refractivity contribution < 1.29 is 9.53 Å². The van der Waals surface area contributed by atoms with E-state index in [1.807, 2.05) is 4.68 Å². The molecule has 2 aliphatic heterocycles. The first-order valence-corrected chi connectivity index (χ1v) is 8.74. The average molecular weight is 363 g/mol. The van der Waals surface area contributed by atoms with E-state index in [0.29, 0.717) is 42.7 Å². The second kappa shape index (κ2) is 6.97. The Kier molecular flexibility index (Phi) is 4.54. The summed E-state index contributed by atoms with van der Waals surface area (Å²) in [5.41, 5.74) is 0.500. The van der Waals surface area contributed by atoms with Gasteiger partial charge in [-0.25, -0.2) is 14.6 Å². The Bertz CT molecular complexity index is 774. The fourth-order valence-corrected chi connectivity index (χ4v) is 3.38. The molecular formula is C16H19ClN6O2. The van der Waals surface area contributed by atoms with Crippen LogP contribution in [0.1, 0.15) is 22.6 Å². The van der Waals surface area contributed by atoms with Crippen LogP contribution in [-0.2, 0) is 17.7 Å². The lowest BCUT2D eigenvalue weighted by Gasteiger charge is -2.27. The largest absolute Gasteiger partial charge is 0.378 e. The molecule has 132 valence electrons. The highest BCUT2D eigenvalue weighted by Gasteiger charge is 2.22. The number of anilines is 1. The third-order valence-corrected chi connectivity index (χ3v) is 4.82. The molecule has 9 heteroatoms. The molecule has 1 atom stereocenters. The van der Waals surface area contributed by atoms with E-state index in [2.05, 4.69) is 20.4 Å². The number of rotatable bonds is 3. The van der Waals surface area contributed by atoms with E-state index < -0.39 is 0 Å². The van der Waals surface area contributed by atoms with Gasteiger partial charge in [0.2, 0.25) is 0 Å². The van der Waals surface area contributed by atoms with Crippen molar-refractivity contribution in [2.24, 2.45) is 0 Å². The number of amides is 1. The minimum absolute atomic E-state index is 0.0610. The predicted octanol–water partition coefficient (Wildman–Crippen LogP) is 1.23. The maximum absolute atomic E-state index is 12.5. The third kappa shape index (κ3) is 3.45. The number of hydrogen-bond acceptors (Lipinski definition) is 6. The molecule has 0 spiro atoms. The van der Waals surface area contributed by atoms with Gasteiger partial charge in [0, 0.05) is 31.7 Å². The van der Waals surface area contributed by atoms with E-state index in [-0.39, 0.29) is 11.9 Å². The van der Waals surface area contributed by atoms with Gasteiger partial charge in [-0.2, -0.15) is 5.10 Å². The van der Waals surface area contributed by atoms with Gasteiger partial charge in [0.15, 0.2) is 0 Å². The molecule has 0 aliphatic carbocycles. The van der Waals surface area contributed by atoms with Crippen molar-refractivity contribution in [3.05, 3.63) is 35.0 Å². The third-order valence-electron chi connectivity index (χ3n) is 4.53. The zero-order valence-corrected chi connectivity index (χ0v) is 14.4. The van der Waals surface area contributed by atoms with E-state index >= 15 is 0 Å². The van der Waals surface area contributed by atoms with Gasteiger partial charge in [-0.05, 0) is 12.5 Å². The molecule has 1 unspecified atom stereocenters. The van der Waals surface area contributed by atoms with Crippen molar-refractivity contribution in [3.8, 4) is 0 Å². The predicted molar refractivity (Wildman–Crippen MR) is 91.7 cm³/mol. The van der Waals surface area contributed by atoms with Gasteiger partial charge in [0.25, 0.3) is 5.91 Å². The number of nitrogens with one attached hydrogen (secondary N) is 1. The van der Waals surface area contributed by atoms with E-state index in [1.165, 1.54) is 0 Å². The van der Waals surface area contributed by atoms with Gasteiger partial charge in [-0.3, -0.25) is 4.79 Å². The zero-order valence-electron chi connectivity index (χ0n) is 13.7. The molecule has 0 saturated carbocycles. The standard InChI is InChI=1S/C16H19ClN6O2/c17-13-7-11(16(24)22-3-5-25-6-4-22)8-18-15(13)21-12-1-2-14-19-10-20-23(14)9-12/h7-8,10,12H,1-6,9H2,(H,18,21). The van der Waals surface area contributed by atoms with Crippen LogP contribution < -0.4 is 5.32 Å².